The van der Waals surface area contributed by atoms with Gasteiger partial charge in [0.1, 0.15) is 0 Å². The SMILES string of the molecule is CC(C)c1nc(CN2CCCC(C)(C(=O)O)C2)cs1. The Kier molecular flexibility index (Phi) is 4.26. The van der Waals surface area contributed by atoms with Crippen molar-refractivity contribution in [2.75, 3.05) is 13.1 Å². The number of carboxylic acid groups (broad SMARTS) is 1. The van der Waals surface area contributed by atoms with Gasteiger partial charge in [-0.1, -0.05) is 13.8 Å². The van der Waals surface area contributed by atoms with E-state index in [0.29, 0.717) is 12.5 Å². The second-order valence-corrected chi connectivity index (χ2v) is 6.90. The van der Waals surface area contributed by atoms with Crippen molar-refractivity contribution in [1.82, 2.24) is 9.88 Å². The van der Waals surface area contributed by atoms with Gasteiger partial charge in [-0.3, -0.25) is 9.69 Å². The normalized spacial score (nSPS) is 24.8. The molecule has 1 aliphatic rings. The van der Waals surface area contributed by atoms with E-state index < -0.39 is 11.4 Å². The van der Waals surface area contributed by atoms with E-state index in [4.69, 9.17) is 0 Å². The highest BCUT2D eigenvalue weighted by atomic mass is 32.1. The van der Waals surface area contributed by atoms with Crippen LogP contribution in [0.25, 0.3) is 0 Å². The van der Waals surface area contributed by atoms with Gasteiger partial charge in [-0.05, 0) is 26.3 Å². The summed E-state index contributed by atoms with van der Waals surface area (Å²) in [7, 11) is 0. The lowest BCUT2D eigenvalue weighted by molar-refractivity contribution is -0.151. The summed E-state index contributed by atoms with van der Waals surface area (Å²) in [4.78, 5) is 18.2. The molecule has 1 fully saturated rings. The molecule has 2 heterocycles. The number of aliphatic carboxylic acids is 1. The van der Waals surface area contributed by atoms with Gasteiger partial charge in [0.2, 0.25) is 0 Å². The number of aromatic nitrogens is 1. The van der Waals surface area contributed by atoms with Crippen LogP contribution in [0.2, 0.25) is 0 Å². The molecule has 106 valence electrons. The molecule has 0 aromatic carbocycles. The van der Waals surface area contributed by atoms with Crippen LogP contribution >= 0.6 is 11.3 Å². The number of thiazole rings is 1. The van der Waals surface area contributed by atoms with E-state index >= 15 is 0 Å². The molecule has 0 bridgehead atoms. The van der Waals surface area contributed by atoms with Crippen molar-refractivity contribution in [2.24, 2.45) is 5.41 Å². The predicted molar refractivity (Wildman–Crippen MR) is 76.5 cm³/mol. The summed E-state index contributed by atoms with van der Waals surface area (Å²) in [6.45, 7) is 8.50. The molecule has 0 saturated carbocycles. The van der Waals surface area contributed by atoms with Crippen molar-refractivity contribution < 1.29 is 9.90 Å². The Hall–Kier alpha value is -0.940. The van der Waals surface area contributed by atoms with Crippen molar-refractivity contribution in [3.63, 3.8) is 0 Å². The second kappa shape index (κ2) is 5.59. The molecule has 19 heavy (non-hydrogen) atoms. The molecule has 0 radical (unpaired) electrons. The van der Waals surface area contributed by atoms with Gasteiger partial charge in [0.25, 0.3) is 0 Å². The molecule has 1 aromatic heterocycles. The van der Waals surface area contributed by atoms with Gasteiger partial charge >= 0.3 is 5.97 Å². The van der Waals surface area contributed by atoms with Crippen molar-refractivity contribution in [3.05, 3.63) is 16.1 Å². The molecule has 1 aromatic rings. The van der Waals surface area contributed by atoms with E-state index in [9.17, 15) is 9.90 Å². The van der Waals surface area contributed by atoms with Crippen LogP contribution < -0.4 is 0 Å². The molecular weight excluding hydrogens is 260 g/mol. The van der Waals surface area contributed by atoms with Gasteiger partial charge < -0.3 is 5.11 Å². The summed E-state index contributed by atoms with van der Waals surface area (Å²) in [6, 6.07) is 0. The molecule has 1 atom stereocenters. The summed E-state index contributed by atoms with van der Waals surface area (Å²) in [6.07, 6.45) is 1.72. The van der Waals surface area contributed by atoms with Crippen molar-refractivity contribution in [3.8, 4) is 0 Å². The number of piperidine rings is 1. The molecular formula is C14H22N2O2S. The molecule has 5 heteroatoms. The number of hydrogen-bond acceptors (Lipinski definition) is 4. The number of rotatable bonds is 4. The minimum atomic E-state index is -0.682. The number of carbonyl (C=O) groups is 1. The first-order valence-electron chi connectivity index (χ1n) is 6.81. The average molecular weight is 282 g/mol. The van der Waals surface area contributed by atoms with Crippen LogP contribution in [-0.4, -0.2) is 34.0 Å². The molecule has 1 saturated heterocycles. The zero-order valence-electron chi connectivity index (χ0n) is 11.8. The largest absolute Gasteiger partial charge is 0.481 e. The van der Waals surface area contributed by atoms with E-state index in [2.05, 4.69) is 29.1 Å². The maximum absolute atomic E-state index is 11.3. The van der Waals surface area contributed by atoms with Crippen molar-refractivity contribution in [1.29, 1.82) is 0 Å². The lowest BCUT2D eigenvalue weighted by Gasteiger charge is -2.37. The van der Waals surface area contributed by atoms with Crippen LogP contribution in [0, 0.1) is 5.41 Å². The highest BCUT2D eigenvalue weighted by Gasteiger charge is 2.37. The Bertz CT molecular complexity index is 458. The highest BCUT2D eigenvalue weighted by molar-refractivity contribution is 7.09. The zero-order chi connectivity index (χ0) is 14.0. The number of carboxylic acids is 1. The molecule has 1 aliphatic heterocycles. The predicted octanol–water partition coefficient (Wildman–Crippen LogP) is 2.95. The van der Waals surface area contributed by atoms with Gasteiger partial charge in [0.05, 0.1) is 16.1 Å². The third-order valence-corrected chi connectivity index (χ3v) is 4.93. The van der Waals surface area contributed by atoms with Crippen LogP contribution in [-0.2, 0) is 11.3 Å². The van der Waals surface area contributed by atoms with Crippen LogP contribution in [0.4, 0.5) is 0 Å². The Labute approximate surface area is 118 Å². The minimum Gasteiger partial charge on any atom is -0.481 e. The number of likely N-dealkylation sites (tertiary alicyclic amines) is 1. The Morgan fingerprint density at radius 2 is 2.37 bits per heavy atom. The van der Waals surface area contributed by atoms with Gasteiger partial charge in [-0.25, -0.2) is 4.98 Å². The molecule has 0 amide bonds. The van der Waals surface area contributed by atoms with Crippen LogP contribution in [0.5, 0.6) is 0 Å². The van der Waals surface area contributed by atoms with Crippen LogP contribution in [0.3, 0.4) is 0 Å². The summed E-state index contributed by atoms with van der Waals surface area (Å²) < 4.78 is 0. The van der Waals surface area contributed by atoms with Crippen LogP contribution in [0.15, 0.2) is 5.38 Å². The standard InChI is InChI=1S/C14H22N2O2S/c1-10(2)12-15-11(8-19-12)7-16-6-4-5-14(3,9-16)13(17)18/h8,10H,4-7,9H2,1-3H3,(H,17,18). The summed E-state index contributed by atoms with van der Waals surface area (Å²) in [5, 5.41) is 12.6. The van der Waals surface area contributed by atoms with E-state index in [-0.39, 0.29) is 0 Å². The fraction of sp³-hybridized carbons (Fsp3) is 0.714. The third-order valence-electron chi connectivity index (χ3n) is 3.74. The van der Waals surface area contributed by atoms with Gasteiger partial charge in [-0.2, -0.15) is 0 Å². The summed E-state index contributed by atoms with van der Waals surface area (Å²) >= 11 is 1.70. The quantitative estimate of drug-likeness (QED) is 0.922. The zero-order valence-corrected chi connectivity index (χ0v) is 12.7. The van der Waals surface area contributed by atoms with E-state index in [0.717, 1.165) is 36.6 Å². The van der Waals surface area contributed by atoms with Gasteiger partial charge in [0, 0.05) is 24.4 Å². The Balaban J connectivity index is 2.00. The first kappa shape index (κ1) is 14.5. The smallest absolute Gasteiger partial charge is 0.310 e. The Morgan fingerprint density at radius 3 is 2.95 bits per heavy atom. The van der Waals surface area contributed by atoms with Crippen molar-refractivity contribution >= 4 is 17.3 Å². The monoisotopic (exact) mass is 282 g/mol. The first-order chi connectivity index (χ1) is 8.90. The maximum atomic E-state index is 11.3. The lowest BCUT2D eigenvalue weighted by Crippen LogP contribution is -2.45. The molecule has 2 rings (SSSR count). The fourth-order valence-corrected chi connectivity index (χ4v) is 3.37. The summed E-state index contributed by atoms with van der Waals surface area (Å²) in [5.74, 6) is -0.220. The Morgan fingerprint density at radius 1 is 1.63 bits per heavy atom. The van der Waals surface area contributed by atoms with Crippen LogP contribution in [0.1, 0.15) is 50.2 Å². The molecule has 1 N–H and O–H groups in total. The van der Waals surface area contributed by atoms with E-state index in [1.165, 1.54) is 0 Å². The minimum absolute atomic E-state index is 0.462. The third kappa shape index (κ3) is 3.34. The maximum Gasteiger partial charge on any atom is 0.310 e. The van der Waals surface area contributed by atoms with Gasteiger partial charge in [-0.15, -0.1) is 11.3 Å². The van der Waals surface area contributed by atoms with E-state index in [1.807, 2.05) is 6.92 Å². The van der Waals surface area contributed by atoms with Gasteiger partial charge in [0.15, 0.2) is 0 Å². The highest BCUT2D eigenvalue weighted by Crippen LogP contribution is 2.30. The van der Waals surface area contributed by atoms with Crippen molar-refractivity contribution in [2.45, 2.75) is 46.1 Å². The second-order valence-electron chi connectivity index (χ2n) is 6.01. The fourth-order valence-electron chi connectivity index (χ4n) is 2.54. The molecule has 0 aliphatic carbocycles. The van der Waals surface area contributed by atoms with E-state index in [1.54, 1.807) is 11.3 Å². The number of hydrogen-bond donors (Lipinski definition) is 1. The topological polar surface area (TPSA) is 53.4 Å². The molecule has 4 nitrogen and oxygen atoms in total. The molecule has 1 unspecified atom stereocenters. The number of nitrogens with zero attached hydrogens (tertiary/aromatic N) is 2. The molecule has 0 spiro atoms. The average Bonchev–Trinajstić information content (AvgIpc) is 2.77. The lowest BCUT2D eigenvalue weighted by atomic mass is 9.82. The summed E-state index contributed by atoms with van der Waals surface area (Å²) in [5.41, 5.74) is 0.471. The first-order valence-corrected chi connectivity index (χ1v) is 7.69.